The summed E-state index contributed by atoms with van der Waals surface area (Å²) in [5.74, 6) is 2.13. The van der Waals surface area contributed by atoms with Gasteiger partial charge in [0.1, 0.15) is 23.4 Å². The van der Waals surface area contributed by atoms with Crippen LogP contribution in [0.5, 0.6) is 5.75 Å². The van der Waals surface area contributed by atoms with Crippen LogP contribution in [-0.4, -0.2) is 19.5 Å². The van der Waals surface area contributed by atoms with E-state index in [0.717, 1.165) is 33.5 Å². The number of ether oxygens (including phenoxy) is 1. The quantitative estimate of drug-likeness (QED) is 0.499. The molecule has 1 aliphatic heterocycles. The highest BCUT2D eigenvalue weighted by molar-refractivity contribution is 9.10. The maximum Gasteiger partial charge on any atom is 0.165 e. The van der Waals surface area contributed by atoms with Gasteiger partial charge in [0.2, 0.25) is 0 Å². The Labute approximate surface area is 176 Å². The van der Waals surface area contributed by atoms with Crippen molar-refractivity contribution in [2.24, 2.45) is 0 Å². The molecular weight excluding hydrogens is 430 g/mol. The van der Waals surface area contributed by atoms with Crippen LogP contribution >= 0.6 is 15.9 Å². The lowest BCUT2D eigenvalue weighted by atomic mass is 9.91. The van der Waals surface area contributed by atoms with Crippen molar-refractivity contribution in [2.75, 3.05) is 5.73 Å². The summed E-state index contributed by atoms with van der Waals surface area (Å²) in [5.41, 5.74) is 12.0. The number of allylic oxidation sites excluding steroid dienone is 2. The number of anilines is 1. The van der Waals surface area contributed by atoms with E-state index in [1.807, 2.05) is 16.7 Å². The number of halogens is 1. The number of hydrogen-bond acceptors (Lipinski definition) is 5. The standard InChI is InChI=1S/C22H18BrN5O/c1-13-4-2-3-5-16(13)17-9-14-8-15(23)6-7-18(14)29-19(17)10-28-12-27-20-21(24)25-11-26-22(20)28/h2-8,11-12H,9-10H2,1H3,(H2,24,25,26). The van der Waals surface area contributed by atoms with Gasteiger partial charge in [-0.15, -0.1) is 0 Å². The van der Waals surface area contributed by atoms with Crippen LogP contribution in [0.15, 0.2) is 65.4 Å². The van der Waals surface area contributed by atoms with Gasteiger partial charge < -0.3 is 15.0 Å². The van der Waals surface area contributed by atoms with Crippen LogP contribution in [0.1, 0.15) is 16.7 Å². The predicted octanol–water partition coefficient (Wildman–Crippen LogP) is 4.53. The van der Waals surface area contributed by atoms with Gasteiger partial charge in [0.05, 0.1) is 12.9 Å². The Morgan fingerprint density at radius 2 is 2.00 bits per heavy atom. The Hall–Kier alpha value is -3.19. The molecule has 7 heteroatoms. The van der Waals surface area contributed by atoms with Crippen LogP contribution in [0.4, 0.5) is 5.82 Å². The minimum absolute atomic E-state index is 0.376. The van der Waals surface area contributed by atoms with E-state index in [2.05, 4.69) is 68.1 Å². The first-order valence-electron chi connectivity index (χ1n) is 9.26. The zero-order chi connectivity index (χ0) is 20.0. The summed E-state index contributed by atoms with van der Waals surface area (Å²) in [5, 5.41) is 0. The second-order valence-electron chi connectivity index (χ2n) is 7.05. The van der Waals surface area contributed by atoms with Gasteiger partial charge in [-0.1, -0.05) is 40.2 Å². The summed E-state index contributed by atoms with van der Waals surface area (Å²) >= 11 is 3.57. The van der Waals surface area contributed by atoms with Crippen molar-refractivity contribution in [2.45, 2.75) is 19.9 Å². The smallest absolute Gasteiger partial charge is 0.165 e. The molecule has 5 rings (SSSR count). The molecule has 0 amide bonds. The van der Waals surface area contributed by atoms with Crippen LogP contribution in [0.25, 0.3) is 16.7 Å². The Kier molecular flexibility index (Phi) is 4.32. The second-order valence-corrected chi connectivity index (χ2v) is 7.97. The molecular formula is C22H18BrN5O. The molecule has 0 saturated heterocycles. The van der Waals surface area contributed by atoms with E-state index in [9.17, 15) is 0 Å². The molecule has 0 fully saturated rings. The van der Waals surface area contributed by atoms with E-state index in [1.165, 1.54) is 17.5 Å². The number of nitrogen functional groups attached to an aromatic ring is 1. The number of aryl methyl sites for hydroxylation is 1. The fourth-order valence-corrected chi connectivity index (χ4v) is 4.13. The average Bonchev–Trinajstić information content (AvgIpc) is 3.12. The number of nitrogens with zero attached hydrogens (tertiary/aromatic N) is 4. The van der Waals surface area contributed by atoms with E-state index in [4.69, 9.17) is 10.5 Å². The molecule has 29 heavy (non-hydrogen) atoms. The van der Waals surface area contributed by atoms with E-state index in [-0.39, 0.29) is 0 Å². The molecule has 2 aromatic heterocycles. The van der Waals surface area contributed by atoms with Crippen LogP contribution in [0, 0.1) is 6.92 Å². The maximum atomic E-state index is 6.40. The van der Waals surface area contributed by atoms with Gasteiger partial charge in [-0.2, -0.15) is 0 Å². The van der Waals surface area contributed by atoms with Crippen molar-refractivity contribution in [3.63, 3.8) is 0 Å². The summed E-state index contributed by atoms with van der Waals surface area (Å²) in [6.45, 7) is 2.63. The number of rotatable bonds is 3. The van der Waals surface area contributed by atoms with Crippen molar-refractivity contribution in [1.82, 2.24) is 19.5 Å². The summed E-state index contributed by atoms with van der Waals surface area (Å²) < 4.78 is 9.39. The average molecular weight is 448 g/mol. The minimum atomic E-state index is 0.376. The third kappa shape index (κ3) is 3.17. The number of hydrogen-bond donors (Lipinski definition) is 1. The van der Waals surface area contributed by atoms with Gasteiger partial charge in [-0.3, -0.25) is 0 Å². The molecule has 2 aromatic carbocycles. The lowest BCUT2D eigenvalue weighted by molar-refractivity contribution is 0.383. The SMILES string of the molecule is Cc1ccccc1C1=C(Cn2cnc3c(N)ncnc32)Oc2ccc(Br)cc2C1. The van der Waals surface area contributed by atoms with Gasteiger partial charge in [-0.05, 0) is 36.2 Å². The predicted molar refractivity (Wildman–Crippen MR) is 116 cm³/mol. The Morgan fingerprint density at radius 3 is 2.86 bits per heavy atom. The topological polar surface area (TPSA) is 78.9 Å². The summed E-state index contributed by atoms with van der Waals surface area (Å²) in [4.78, 5) is 12.8. The molecule has 0 aliphatic carbocycles. The van der Waals surface area contributed by atoms with Crippen molar-refractivity contribution in [3.05, 3.63) is 82.0 Å². The van der Waals surface area contributed by atoms with Crippen molar-refractivity contribution in [1.29, 1.82) is 0 Å². The largest absolute Gasteiger partial charge is 0.459 e. The van der Waals surface area contributed by atoms with Gasteiger partial charge in [0.15, 0.2) is 11.5 Å². The lowest BCUT2D eigenvalue weighted by Crippen LogP contribution is -2.15. The third-order valence-corrected chi connectivity index (χ3v) is 5.67. The number of imidazole rings is 1. The second kappa shape index (κ2) is 7.00. The Morgan fingerprint density at radius 1 is 1.14 bits per heavy atom. The molecule has 3 heterocycles. The van der Waals surface area contributed by atoms with Crippen molar-refractivity contribution >= 4 is 38.5 Å². The maximum absolute atomic E-state index is 6.40. The first kappa shape index (κ1) is 17.9. The Balaban J connectivity index is 1.64. The normalized spacial score (nSPS) is 13.4. The number of fused-ring (bicyclic) bond motifs is 2. The van der Waals surface area contributed by atoms with Gasteiger partial charge in [0, 0.05) is 22.0 Å². The summed E-state index contributed by atoms with van der Waals surface area (Å²) in [6.07, 6.45) is 3.98. The molecule has 0 atom stereocenters. The zero-order valence-corrected chi connectivity index (χ0v) is 17.3. The molecule has 0 unspecified atom stereocenters. The van der Waals surface area contributed by atoms with E-state index < -0.39 is 0 Å². The molecule has 6 nitrogen and oxygen atoms in total. The molecule has 0 spiro atoms. The summed E-state index contributed by atoms with van der Waals surface area (Å²) in [6, 6.07) is 14.5. The van der Waals surface area contributed by atoms with Crippen LogP contribution in [0.3, 0.4) is 0 Å². The molecule has 144 valence electrons. The first-order chi connectivity index (χ1) is 14.1. The lowest BCUT2D eigenvalue weighted by Gasteiger charge is -2.25. The minimum Gasteiger partial charge on any atom is -0.459 e. The third-order valence-electron chi connectivity index (χ3n) is 5.17. The molecule has 0 saturated carbocycles. The van der Waals surface area contributed by atoms with Crippen molar-refractivity contribution < 1.29 is 4.74 Å². The van der Waals surface area contributed by atoms with E-state index in [0.29, 0.717) is 23.5 Å². The number of nitrogens with two attached hydrogens (primary N) is 1. The zero-order valence-electron chi connectivity index (χ0n) is 15.8. The number of aromatic nitrogens is 4. The molecule has 0 bridgehead atoms. The number of benzene rings is 2. The molecule has 1 aliphatic rings. The van der Waals surface area contributed by atoms with Gasteiger partial charge >= 0.3 is 0 Å². The van der Waals surface area contributed by atoms with E-state index in [1.54, 1.807) is 6.33 Å². The van der Waals surface area contributed by atoms with Crippen LogP contribution < -0.4 is 10.5 Å². The molecule has 2 N–H and O–H groups in total. The van der Waals surface area contributed by atoms with E-state index >= 15 is 0 Å². The summed E-state index contributed by atoms with van der Waals surface area (Å²) in [7, 11) is 0. The van der Waals surface area contributed by atoms with Crippen molar-refractivity contribution in [3.8, 4) is 5.75 Å². The first-order valence-corrected chi connectivity index (χ1v) is 10.0. The fraction of sp³-hybridized carbons (Fsp3) is 0.136. The monoisotopic (exact) mass is 447 g/mol. The highest BCUT2D eigenvalue weighted by atomic mass is 79.9. The fourth-order valence-electron chi connectivity index (χ4n) is 3.72. The highest BCUT2D eigenvalue weighted by Crippen LogP contribution is 2.38. The highest BCUT2D eigenvalue weighted by Gasteiger charge is 2.23. The molecule has 0 radical (unpaired) electrons. The molecule has 4 aromatic rings. The van der Waals surface area contributed by atoms with Gasteiger partial charge in [0.25, 0.3) is 0 Å². The Bertz CT molecular complexity index is 1280. The van der Waals surface area contributed by atoms with Crippen LogP contribution in [-0.2, 0) is 13.0 Å². The van der Waals surface area contributed by atoms with Crippen LogP contribution in [0.2, 0.25) is 0 Å². The van der Waals surface area contributed by atoms with Gasteiger partial charge in [-0.25, -0.2) is 15.0 Å².